The van der Waals surface area contributed by atoms with Crippen molar-refractivity contribution in [2.75, 3.05) is 0 Å². The quantitative estimate of drug-likeness (QED) is 0.741. The summed E-state index contributed by atoms with van der Waals surface area (Å²) in [6.45, 7) is 2.08. The van der Waals surface area contributed by atoms with Crippen molar-refractivity contribution in [1.82, 2.24) is 0 Å². The van der Waals surface area contributed by atoms with Gasteiger partial charge in [0.15, 0.2) is 0 Å². The summed E-state index contributed by atoms with van der Waals surface area (Å²) in [7, 11) is -4.40. The van der Waals surface area contributed by atoms with Crippen LogP contribution in [0.15, 0.2) is 30.3 Å². The molecule has 0 bridgehead atoms. The van der Waals surface area contributed by atoms with Gasteiger partial charge < -0.3 is 0 Å². The van der Waals surface area contributed by atoms with Gasteiger partial charge in [-0.15, -0.1) is 3.74 Å². The summed E-state index contributed by atoms with van der Waals surface area (Å²) in [5.74, 6) is 0. The molecule has 0 radical (unpaired) electrons. The average molecular weight is 225 g/mol. The van der Waals surface area contributed by atoms with E-state index in [4.69, 9.17) is 4.55 Å². The van der Waals surface area contributed by atoms with Crippen LogP contribution in [-0.2, 0) is 14.1 Å². The van der Waals surface area contributed by atoms with Gasteiger partial charge in [-0.25, -0.2) is 0 Å². The van der Waals surface area contributed by atoms with Gasteiger partial charge in [-0.1, -0.05) is 35.9 Å². The first kappa shape index (κ1) is 12.4. The topological polar surface area (TPSA) is 63.6 Å². The molecular formula is C7H9ClO4S. The molecule has 0 heterocycles. The first-order valence-corrected chi connectivity index (χ1v) is 4.92. The van der Waals surface area contributed by atoms with E-state index in [9.17, 15) is 8.42 Å². The van der Waals surface area contributed by atoms with Gasteiger partial charge in [0.25, 0.3) is 0 Å². The second-order valence-corrected chi connectivity index (χ2v) is 3.50. The Hall–Kier alpha value is -0.620. The zero-order valence-corrected chi connectivity index (χ0v) is 8.42. The van der Waals surface area contributed by atoms with Gasteiger partial charge in [-0.2, -0.15) is 8.42 Å². The van der Waals surface area contributed by atoms with Crippen LogP contribution in [0.2, 0.25) is 0 Å². The summed E-state index contributed by atoms with van der Waals surface area (Å²) in [4.78, 5) is 0. The first-order chi connectivity index (χ1) is 5.95. The molecule has 0 aliphatic rings. The lowest BCUT2D eigenvalue weighted by Gasteiger charge is -1.82. The van der Waals surface area contributed by atoms with Crippen LogP contribution < -0.4 is 0 Å². The van der Waals surface area contributed by atoms with Gasteiger partial charge in [0.1, 0.15) is 0 Å². The fraction of sp³-hybridized carbons (Fsp3) is 0.143. The van der Waals surface area contributed by atoms with Crippen molar-refractivity contribution in [3.05, 3.63) is 35.9 Å². The predicted octanol–water partition coefficient (Wildman–Crippen LogP) is 1.95. The fourth-order valence-corrected chi connectivity index (χ4v) is 0.534. The molecule has 0 fully saturated rings. The summed E-state index contributed by atoms with van der Waals surface area (Å²) in [6, 6.07) is 10.3. The van der Waals surface area contributed by atoms with E-state index in [-0.39, 0.29) is 0 Å². The van der Waals surface area contributed by atoms with Crippen molar-refractivity contribution in [1.29, 1.82) is 0 Å². The molecule has 0 amide bonds. The molecule has 0 aromatic heterocycles. The van der Waals surface area contributed by atoms with Crippen molar-refractivity contribution in [3.8, 4) is 0 Å². The van der Waals surface area contributed by atoms with Crippen LogP contribution in [0.25, 0.3) is 0 Å². The standard InChI is InChI=1S/C7H8.ClHO4S/c1-7-5-3-2-4-6-7;1-5-6(2,3)4/h2-6H,1H3;(H,2,3,4). The van der Waals surface area contributed by atoms with Crippen molar-refractivity contribution >= 4 is 22.3 Å². The van der Waals surface area contributed by atoms with Crippen LogP contribution in [0.5, 0.6) is 0 Å². The highest BCUT2D eigenvalue weighted by Gasteiger charge is 1.97. The van der Waals surface area contributed by atoms with E-state index in [2.05, 4.69) is 34.7 Å². The largest absolute Gasteiger partial charge is 0.413 e. The molecule has 0 saturated carbocycles. The molecule has 1 N–H and O–H groups in total. The Bertz CT molecular complexity index is 322. The Labute approximate surface area is 82.2 Å². The molecule has 74 valence electrons. The number of hydrogen-bond acceptors (Lipinski definition) is 3. The van der Waals surface area contributed by atoms with Crippen molar-refractivity contribution in [2.24, 2.45) is 0 Å². The fourth-order valence-electron chi connectivity index (χ4n) is 0.534. The van der Waals surface area contributed by atoms with Crippen LogP contribution in [0.3, 0.4) is 0 Å². The zero-order valence-electron chi connectivity index (χ0n) is 6.84. The van der Waals surface area contributed by atoms with E-state index in [1.807, 2.05) is 18.2 Å². The molecule has 0 aliphatic heterocycles. The molecule has 0 atom stereocenters. The van der Waals surface area contributed by atoms with E-state index in [0.717, 1.165) is 0 Å². The molecule has 4 nitrogen and oxygen atoms in total. The van der Waals surface area contributed by atoms with E-state index >= 15 is 0 Å². The minimum atomic E-state index is -4.40. The molecule has 0 saturated heterocycles. The summed E-state index contributed by atoms with van der Waals surface area (Å²) in [5, 5.41) is 0. The van der Waals surface area contributed by atoms with Gasteiger partial charge in [-0.3, -0.25) is 4.55 Å². The van der Waals surface area contributed by atoms with Gasteiger partial charge in [0, 0.05) is 0 Å². The second-order valence-electron chi connectivity index (χ2n) is 2.15. The highest BCUT2D eigenvalue weighted by molar-refractivity contribution is 7.81. The number of rotatable bonds is 1. The van der Waals surface area contributed by atoms with E-state index in [1.165, 1.54) is 5.56 Å². The smallest absolute Gasteiger partial charge is 0.263 e. The maximum Gasteiger partial charge on any atom is 0.413 e. The minimum Gasteiger partial charge on any atom is -0.263 e. The minimum absolute atomic E-state index is 1.32. The normalized spacial score (nSPS) is 10.1. The van der Waals surface area contributed by atoms with E-state index in [1.54, 1.807) is 0 Å². The predicted molar refractivity (Wildman–Crippen MR) is 49.7 cm³/mol. The van der Waals surface area contributed by atoms with Gasteiger partial charge in [0.2, 0.25) is 0 Å². The maximum absolute atomic E-state index is 9.20. The van der Waals surface area contributed by atoms with Gasteiger partial charge >= 0.3 is 10.4 Å². The first-order valence-electron chi connectivity index (χ1n) is 3.25. The molecule has 1 rings (SSSR count). The van der Waals surface area contributed by atoms with Crippen LogP contribution in [-0.4, -0.2) is 13.0 Å². The lowest BCUT2D eigenvalue weighted by atomic mass is 10.2. The highest BCUT2D eigenvalue weighted by atomic mass is 35.5. The third-order valence-corrected chi connectivity index (χ3v) is 1.66. The van der Waals surface area contributed by atoms with Crippen molar-refractivity contribution < 1.29 is 16.7 Å². The van der Waals surface area contributed by atoms with Crippen molar-refractivity contribution in [2.45, 2.75) is 6.92 Å². The molecular weight excluding hydrogens is 216 g/mol. The number of benzene rings is 1. The number of hydrogen-bond donors (Lipinski definition) is 1. The third kappa shape index (κ3) is 9.29. The van der Waals surface area contributed by atoms with E-state index < -0.39 is 10.4 Å². The number of aryl methyl sites for hydroxylation is 1. The Morgan fingerprint density at radius 1 is 1.31 bits per heavy atom. The second kappa shape index (κ2) is 5.93. The summed E-state index contributed by atoms with van der Waals surface area (Å²) in [5.41, 5.74) is 1.32. The molecule has 0 spiro atoms. The lowest BCUT2D eigenvalue weighted by molar-refractivity contribution is 0.400. The van der Waals surface area contributed by atoms with Crippen LogP contribution in [0, 0.1) is 6.92 Å². The van der Waals surface area contributed by atoms with Crippen LogP contribution >= 0.6 is 11.9 Å². The Balaban J connectivity index is 0.000000226. The Morgan fingerprint density at radius 2 is 1.69 bits per heavy atom. The molecule has 6 heteroatoms. The van der Waals surface area contributed by atoms with E-state index in [0.29, 0.717) is 0 Å². The van der Waals surface area contributed by atoms with Gasteiger partial charge in [-0.05, 0) is 6.92 Å². The monoisotopic (exact) mass is 224 g/mol. The third-order valence-electron chi connectivity index (χ3n) is 1.02. The van der Waals surface area contributed by atoms with Gasteiger partial charge in [0.05, 0.1) is 11.9 Å². The van der Waals surface area contributed by atoms with Crippen LogP contribution in [0.1, 0.15) is 5.56 Å². The SMILES string of the molecule is Cc1ccccc1.O=S(=O)(O)OCl. The lowest BCUT2D eigenvalue weighted by Crippen LogP contribution is -1.92. The molecule has 0 aliphatic carbocycles. The number of halogens is 1. The summed E-state index contributed by atoms with van der Waals surface area (Å²) in [6.07, 6.45) is 0. The van der Waals surface area contributed by atoms with Crippen molar-refractivity contribution in [3.63, 3.8) is 0 Å². The zero-order chi connectivity index (χ0) is 10.3. The highest BCUT2D eigenvalue weighted by Crippen LogP contribution is 1.92. The maximum atomic E-state index is 9.20. The molecule has 1 aromatic carbocycles. The Kier molecular flexibility index (Phi) is 5.65. The Morgan fingerprint density at radius 3 is 1.85 bits per heavy atom. The molecule has 1 aromatic rings. The summed E-state index contributed by atoms with van der Waals surface area (Å²) >= 11 is 4.14. The molecule has 0 unspecified atom stereocenters. The molecule has 13 heavy (non-hydrogen) atoms. The average Bonchev–Trinajstić information content (AvgIpc) is 2.06. The van der Waals surface area contributed by atoms with Crippen LogP contribution in [0.4, 0.5) is 0 Å². The summed E-state index contributed by atoms with van der Waals surface area (Å²) < 4.78 is 28.8.